The van der Waals surface area contributed by atoms with Gasteiger partial charge in [0, 0.05) is 0 Å². The van der Waals surface area contributed by atoms with Gasteiger partial charge in [-0.25, -0.2) is 0 Å². The molecule has 1 atom stereocenters. The van der Waals surface area contributed by atoms with Crippen LogP contribution in [0.3, 0.4) is 0 Å². The lowest BCUT2D eigenvalue weighted by Crippen LogP contribution is -2.13. The quantitative estimate of drug-likeness (QED) is 0.767. The van der Waals surface area contributed by atoms with Crippen molar-refractivity contribution in [3.63, 3.8) is 0 Å². The topological polar surface area (TPSA) is 12.0 Å². The first-order valence-corrected chi connectivity index (χ1v) is 6.40. The van der Waals surface area contributed by atoms with E-state index in [2.05, 4.69) is 44.3 Å². The molecule has 0 aliphatic rings. The van der Waals surface area contributed by atoms with Gasteiger partial charge in [0.15, 0.2) is 0 Å². The van der Waals surface area contributed by atoms with Crippen molar-refractivity contribution in [3.8, 4) is 0 Å². The third-order valence-corrected chi connectivity index (χ3v) is 3.25. The van der Waals surface area contributed by atoms with Crippen molar-refractivity contribution >= 4 is 0 Å². The Labute approximate surface area is 100 Å². The summed E-state index contributed by atoms with van der Waals surface area (Å²) >= 11 is 0. The molecule has 0 spiro atoms. The van der Waals surface area contributed by atoms with Crippen molar-refractivity contribution in [3.05, 3.63) is 34.9 Å². The average molecular weight is 219 g/mol. The van der Waals surface area contributed by atoms with Gasteiger partial charge in [-0.05, 0) is 57.3 Å². The molecule has 1 nitrogen and oxygen atoms in total. The minimum atomic E-state index is 0.720. The van der Waals surface area contributed by atoms with E-state index in [1.807, 2.05) is 7.05 Å². The zero-order valence-electron chi connectivity index (χ0n) is 11.1. The minimum absolute atomic E-state index is 0.720. The molecule has 0 saturated heterocycles. The van der Waals surface area contributed by atoms with E-state index in [4.69, 9.17) is 0 Å². The van der Waals surface area contributed by atoms with Gasteiger partial charge in [0.1, 0.15) is 0 Å². The van der Waals surface area contributed by atoms with Crippen LogP contribution >= 0.6 is 0 Å². The summed E-state index contributed by atoms with van der Waals surface area (Å²) in [5, 5.41) is 3.26. The van der Waals surface area contributed by atoms with Gasteiger partial charge in [-0.15, -0.1) is 0 Å². The molecule has 1 rings (SSSR count). The first-order chi connectivity index (χ1) is 7.69. The number of hydrogen-bond donors (Lipinski definition) is 1. The predicted octanol–water partition coefficient (Wildman–Crippen LogP) is 3.80. The van der Waals surface area contributed by atoms with E-state index in [0.29, 0.717) is 0 Å². The summed E-state index contributed by atoms with van der Waals surface area (Å²) in [7, 11) is 2.03. The molecule has 0 amide bonds. The SMILES string of the molecule is CCCC(CCNC)c1ccc(C)cc1C. The molecule has 0 aliphatic heterocycles. The summed E-state index contributed by atoms with van der Waals surface area (Å²) in [5.74, 6) is 0.720. The second-order valence-electron chi connectivity index (χ2n) is 4.74. The molecular formula is C15H25N. The van der Waals surface area contributed by atoms with Crippen LogP contribution < -0.4 is 5.32 Å². The van der Waals surface area contributed by atoms with Crippen molar-refractivity contribution in [1.29, 1.82) is 0 Å². The minimum Gasteiger partial charge on any atom is -0.320 e. The Kier molecular flexibility index (Phi) is 5.54. The Morgan fingerprint density at radius 3 is 2.50 bits per heavy atom. The number of hydrogen-bond acceptors (Lipinski definition) is 1. The first-order valence-electron chi connectivity index (χ1n) is 6.40. The predicted molar refractivity (Wildman–Crippen MR) is 72.1 cm³/mol. The normalized spacial score (nSPS) is 12.8. The summed E-state index contributed by atoms with van der Waals surface area (Å²) in [4.78, 5) is 0. The van der Waals surface area contributed by atoms with Crippen LogP contribution in [-0.4, -0.2) is 13.6 Å². The lowest BCUT2D eigenvalue weighted by molar-refractivity contribution is 0.549. The summed E-state index contributed by atoms with van der Waals surface area (Å²) in [5.41, 5.74) is 4.36. The molecule has 16 heavy (non-hydrogen) atoms. The standard InChI is InChI=1S/C15H25N/c1-5-6-14(9-10-16-4)15-8-7-12(2)11-13(15)3/h7-8,11,14,16H,5-6,9-10H2,1-4H3. The fourth-order valence-corrected chi connectivity index (χ4v) is 2.41. The van der Waals surface area contributed by atoms with Crippen molar-refractivity contribution in [1.82, 2.24) is 5.32 Å². The Balaban J connectivity index is 2.82. The molecule has 1 heteroatoms. The second-order valence-corrected chi connectivity index (χ2v) is 4.74. The summed E-state index contributed by atoms with van der Waals surface area (Å²) in [6.07, 6.45) is 3.81. The van der Waals surface area contributed by atoms with Crippen LogP contribution in [0.4, 0.5) is 0 Å². The van der Waals surface area contributed by atoms with Crippen molar-refractivity contribution in [2.24, 2.45) is 0 Å². The van der Waals surface area contributed by atoms with Crippen LogP contribution in [0.5, 0.6) is 0 Å². The maximum absolute atomic E-state index is 3.26. The van der Waals surface area contributed by atoms with Gasteiger partial charge in [0.05, 0.1) is 0 Å². The van der Waals surface area contributed by atoms with Gasteiger partial charge in [-0.3, -0.25) is 0 Å². The molecule has 1 unspecified atom stereocenters. The van der Waals surface area contributed by atoms with E-state index in [1.165, 1.54) is 30.4 Å². The van der Waals surface area contributed by atoms with Crippen LogP contribution in [0.2, 0.25) is 0 Å². The maximum atomic E-state index is 3.26. The lowest BCUT2D eigenvalue weighted by Gasteiger charge is -2.19. The number of aryl methyl sites for hydroxylation is 2. The Morgan fingerprint density at radius 2 is 1.94 bits per heavy atom. The average Bonchev–Trinajstić information content (AvgIpc) is 2.25. The largest absolute Gasteiger partial charge is 0.320 e. The third kappa shape index (κ3) is 3.64. The lowest BCUT2D eigenvalue weighted by atomic mass is 9.88. The molecule has 1 aromatic rings. The highest BCUT2D eigenvalue weighted by atomic mass is 14.8. The summed E-state index contributed by atoms with van der Waals surface area (Å²) in [6.45, 7) is 7.79. The third-order valence-electron chi connectivity index (χ3n) is 3.25. The van der Waals surface area contributed by atoms with Crippen LogP contribution in [0.25, 0.3) is 0 Å². The fraction of sp³-hybridized carbons (Fsp3) is 0.600. The number of rotatable bonds is 6. The molecule has 0 aromatic heterocycles. The van der Waals surface area contributed by atoms with E-state index in [0.717, 1.165) is 12.5 Å². The molecule has 0 saturated carbocycles. The molecule has 1 N–H and O–H groups in total. The Bertz CT molecular complexity index is 317. The highest BCUT2D eigenvalue weighted by Crippen LogP contribution is 2.27. The zero-order chi connectivity index (χ0) is 12.0. The molecule has 0 heterocycles. The second kappa shape index (κ2) is 6.70. The van der Waals surface area contributed by atoms with Crippen LogP contribution in [0.15, 0.2) is 18.2 Å². The molecular weight excluding hydrogens is 194 g/mol. The monoisotopic (exact) mass is 219 g/mol. The highest BCUT2D eigenvalue weighted by molar-refractivity contribution is 5.33. The van der Waals surface area contributed by atoms with Crippen LogP contribution in [-0.2, 0) is 0 Å². The molecule has 90 valence electrons. The Morgan fingerprint density at radius 1 is 1.19 bits per heavy atom. The molecule has 1 aromatic carbocycles. The van der Waals surface area contributed by atoms with E-state index in [1.54, 1.807) is 5.56 Å². The van der Waals surface area contributed by atoms with Crippen molar-refractivity contribution in [2.45, 2.75) is 46.0 Å². The van der Waals surface area contributed by atoms with Gasteiger partial charge in [-0.1, -0.05) is 37.1 Å². The van der Waals surface area contributed by atoms with Gasteiger partial charge in [0.25, 0.3) is 0 Å². The van der Waals surface area contributed by atoms with Crippen LogP contribution in [0, 0.1) is 13.8 Å². The van der Waals surface area contributed by atoms with E-state index >= 15 is 0 Å². The van der Waals surface area contributed by atoms with E-state index < -0.39 is 0 Å². The zero-order valence-corrected chi connectivity index (χ0v) is 11.1. The highest BCUT2D eigenvalue weighted by Gasteiger charge is 2.12. The summed E-state index contributed by atoms with van der Waals surface area (Å²) in [6, 6.07) is 6.86. The molecule has 0 fully saturated rings. The summed E-state index contributed by atoms with van der Waals surface area (Å²) < 4.78 is 0. The first kappa shape index (κ1) is 13.2. The smallest absolute Gasteiger partial charge is 0.00461 e. The number of nitrogens with one attached hydrogen (secondary N) is 1. The van der Waals surface area contributed by atoms with Gasteiger partial charge in [-0.2, -0.15) is 0 Å². The van der Waals surface area contributed by atoms with Gasteiger partial charge >= 0.3 is 0 Å². The maximum Gasteiger partial charge on any atom is -0.00461 e. The van der Waals surface area contributed by atoms with E-state index in [9.17, 15) is 0 Å². The molecule has 0 aliphatic carbocycles. The fourth-order valence-electron chi connectivity index (χ4n) is 2.41. The Hall–Kier alpha value is -0.820. The number of benzene rings is 1. The molecule has 0 bridgehead atoms. The van der Waals surface area contributed by atoms with E-state index in [-0.39, 0.29) is 0 Å². The van der Waals surface area contributed by atoms with Crippen molar-refractivity contribution in [2.75, 3.05) is 13.6 Å². The van der Waals surface area contributed by atoms with Gasteiger partial charge in [0.2, 0.25) is 0 Å². The van der Waals surface area contributed by atoms with Crippen molar-refractivity contribution < 1.29 is 0 Å². The van der Waals surface area contributed by atoms with Gasteiger partial charge < -0.3 is 5.32 Å². The van der Waals surface area contributed by atoms with Crippen LogP contribution in [0.1, 0.15) is 48.8 Å². The molecule has 0 radical (unpaired) electrons.